The zero-order chi connectivity index (χ0) is 19.4. The van der Waals surface area contributed by atoms with Gasteiger partial charge in [-0.2, -0.15) is 5.10 Å². The minimum atomic E-state index is -0.667. The van der Waals surface area contributed by atoms with Crippen LogP contribution in [-0.4, -0.2) is 21.6 Å². The summed E-state index contributed by atoms with van der Waals surface area (Å²) in [6, 6.07) is 14.0. The molecule has 2 amide bonds. The lowest BCUT2D eigenvalue weighted by Gasteiger charge is -2.08. The molecule has 0 spiro atoms. The molecule has 27 heavy (non-hydrogen) atoms. The van der Waals surface area contributed by atoms with Crippen LogP contribution in [0.3, 0.4) is 0 Å². The number of halogens is 1. The fourth-order valence-electron chi connectivity index (χ4n) is 2.47. The monoisotopic (exact) mass is 384 g/mol. The molecule has 0 saturated heterocycles. The Morgan fingerprint density at radius 2 is 1.81 bits per heavy atom. The molecule has 8 heteroatoms. The van der Waals surface area contributed by atoms with Crippen LogP contribution in [0.2, 0.25) is 5.02 Å². The van der Waals surface area contributed by atoms with E-state index in [1.807, 2.05) is 0 Å². The van der Waals surface area contributed by atoms with Crippen molar-refractivity contribution < 1.29 is 14.3 Å². The van der Waals surface area contributed by atoms with Gasteiger partial charge in [-0.15, -0.1) is 0 Å². The Morgan fingerprint density at radius 1 is 1.15 bits per heavy atom. The summed E-state index contributed by atoms with van der Waals surface area (Å²) in [5.74, 6) is -0.326. The molecule has 0 bridgehead atoms. The number of hydrogen-bond acceptors (Lipinski definition) is 4. The number of amides is 2. The van der Waals surface area contributed by atoms with Crippen molar-refractivity contribution in [3.8, 4) is 5.75 Å². The van der Waals surface area contributed by atoms with E-state index in [1.165, 1.54) is 10.9 Å². The van der Waals surface area contributed by atoms with Gasteiger partial charge in [0.1, 0.15) is 18.1 Å². The number of hydrogen-bond donors (Lipinski definition) is 2. The third-order valence-corrected chi connectivity index (χ3v) is 4.11. The van der Waals surface area contributed by atoms with Gasteiger partial charge in [-0.1, -0.05) is 23.7 Å². The summed E-state index contributed by atoms with van der Waals surface area (Å²) in [6.07, 6.45) is 1.38. The first kappa shape index (κ1) is 18.5. The van der Waals surface area contributed by atoms with Gasteiger partial charge in [-0.05, 0) is 42.0 Å². The second-order valence-electron chi connectivity index (χ2n) is 5.79. The number of nitrogens with one attached hydrogen (secondary N) is 1. The highest BCUT2D eigenvalue weighted by atomic mass is 35.5. The van der Waals surface area contributed by atoms with E-state index >= 15 is 0 Å². The molecule has 1 aromatic heterocycles. The Balaban J connectivity index is 1.63. The van der Waals surface area contributed by atoms with E-state index in [0.717, 1.165) is 5.56 Å². The van der Waals surface area contributed by atoms with E-state index in [0.29, 0.717) is 22.9 Å². The Bertz CT molecular complexity index is 966. The third kappa shape index (κ3) is 4.45. The van der Waals surface area contributed by atoms with E-state index in [4.69, 9.17) is 22.1 Å². The largest absolute Gasteiger partial charge is 0.489 e. The highest BCUT2D eigenvalue weighted by Crippen LogP contribution is 2.18. The van der Waals surface area contributed by atoms with Crippen LogP contribution in [-0.2, 0) is 13.7 Å². The number of benzene rings is 2. The van der Waals surface area contributed by atoms with Gasteiger partial charge in [-0.3, -0.25) is 14.3 Å². The molecular weight excluding hydrogens is 368 g/mol. The number of carbonyl (C=O) groups is 2. The highest BCUT2D eigenvalue weighted by molar-refractivity contribution is 6.30. The maximum Gasteiger partial charge on any atom is 0.269 e. The number of aryl methyl sites for hydroxylation is 1. The van der Waals surface area contributed by atoms with Crippen LogP contribution in [0.1, 0.15) is 26.4 Å². The zero-order valence-electron chi connectivity index (χ0n) is 14.5. The Labute approximate surface area is 160 Å². The number of ether oxygens (including phenoxy) is 1. The van der Waals surface area contributed by atoms with Crippen molar-refractivity contribution in [1.29, 1.82) is 0 Å². The lowest BCUT2D eigenvalue weighted by atomic mass is 10.1. The zero-order valence-corrected chi connectivity index (χ0v) is 15.2. The van der Waals surface area contributed by atoms with Crippen molar-refractivity contribution >= 4 is 29.1 Å². The van der Waals surface area contributed by atoms with E-state index in [-0.39, 0.29) is 17.3 Å². The molecule has 0 fully saturated rings. The first-order chi connectivity index (χ1) is 12.9. The van der Waals surface area contributed by atoms with Crippen molar-refractivity contribution in [1.82, 2.24) is 9.78 Å². The molecule has 3 N–H and O–H groups in total. The standard InChI is InChI=1S/C19H17ClN4O3/c1-24-17(18(21)25)16(10-22-24)23-19(26)13-4-2-12(3-5-13)11-27-15-8-6-14(20)7-9-15/h2-10H,11H2,1H3,(H2,21,25)(H,23,26). The van der Waals surface area contributed by atoms with E-state index < -0.39 is 5.91 Å². The molecule has 0 aliphatic heterocycles. The molecule has 0 aliphatic rings. The summed E-state index contributed by atoms with van der Waals surface area (Å²) < 4.78 is 6.98. The summed E-state index contributed by atoms with van der Waals surface area (Å²) in [5.41, 5.74) is 7.05. The number of anilines is 1. The number of nitrogens with zero attached hydrogens (tertiary/aromatic N) is 2. The number of carbonyl (C=O) groups excluding carboxylic acids is 2. The normalized spacial score (nSPS) is 10.4. The maximum absolute atomic E-state index is 12.4. The summed E-state index contributed by atoms with van der Waals surface area (Å²) in [7, 11) is 1.57. The van der Waals surface area contributed by atoms with Gasteiger partial charge in [-0.25, -0.2) is 0 Å². The minimum absolute atomic E-state index is 0.135. The van der Waals surface area contributed by atoms with Crippen LogP contribution in [0.4, 0.5) is 5.69 Å². The van der Waals surface area contributed by atoms with Crippen molar-refractivity contribution in [2.75, 3.05) is 5.32 Å². The van der Waals surface area contributed by atoms with Gasteiger partial charge in [0.25, 0.3) is 11.8 Å². The molecule has 1 heterocycles. The van der Waals surface area contributed by atoms with Gasteiger partial charge in [0.15, 0.2) is 0 Å². The predicted molar refractivity (Wildman–Crippen MR) is 102 cm³/mol. The van der Waals surface area contributed by atoms with Crippen LogP contribution in [0.25, 0.3) is 0 Å². The second kappa shape index (κ2) is 7.92. The molecule has 138 valence electrons. The molecule has 0 aliphatic carbocycles. The highest BCUT2D eigenvalue weighted by Gasteiger charge is 2.16. The van der Waals surface area contributed by atoms with E-state index in [1.54, 1.807) is 55.6 Å². The predicted octanol–water partition coefficient (Wildman–Crippen LogP) is 3.00. The van der Waals surface area contributed by atoms with Crippen LogP contribution in [0.5, 0.6) is 5.75 Å². The number of nitrogens with two attached hydrogens (primary N) is 1. The van der Waals surface area contributed by atoms with Crippen molar-refractivity contribution in [3.63, 3.8) is 0 Å². The van der Waals surface area contributed by atoms with Gasteiger partial charge in [0, 0.05) is 17.6 Å². The van der Waals surface area contributed by atoms with Crippen molar-refractivity contribution in [2.24, 2.45) is 12.8 Å². The van der Waals surface area contributed by atoms with Gasteiger partial charge in [0.05, 0.1) is 11.9 Å². The lowest BCUT2D eigenvalue weighted by molar-refractivity contribution is 0.0992. The average Bonchev–Trinajstić information content (AvgIpc) is 3.02. The van der Waals surface area contributed by atoms with Gasteiger partial charge < -0.3 is 15.8 Å². The number of primary amides is 1. The summed E-state index contributed by atoms with van der Waals surface area (Å²) in [4.78, 5) is 23.8. The molecule has 0 saturated carbocycles. The van der Waals surface area contributed by atoms with Crippen LogP contribution in [0.15, 0.2) is 54.7 Å². The smallest absolute Gasteiger partial charge is 0.269 e. The molecular formula is C19H17ClN4O3. The number of aromatic nitrogens is 2. The fourth-order valence-corrected chi connectivity index (χ4v) is 2.59. The molecule has 0 atom stereocenters. The molecule has 7 nitrogen and oxygen atoms in total. The Kier molecular flexibility index (Phi) is 5.42. The molecule has 2 aromatic carbocycles. The molecule has 0 unspecified atom stereocenters. The third-order valence-electron chi connectivity index (χ3n) is 3.86. The summed E-state index contributed by atoms with van der Waals surface area (Å²) >= 11 is 5.84. The van der Waals surface area contributed by atoms with Crippen LogP contribution < -0.4 is 15.8 Å². The van der Waals surface area contributed by atoms with Gasteiger partial charge in [0.2, 0.25) is 0 Å². The molecule has 0 radical (unpaired) electrons. The number of rotatable bonds is 6. The van der Waals surface area contributed by atoms with Crippen LogP contribution >= 0.6 is 11.6 Å². The SMILES string of the molecule is Cn1ncc(NC(=O)c2ccc(COc3ccc(Cl)cc3)cc2)c1C(N)=O. The van der Waals surface area contributed by atoms with E-state index in [2.05, 4.69) is 10.4 Å². The quantitative estimate of drug-likeness (QED) is 0.682. The molecule has 3 aromatic rings. The fraction of sp³-hybridized carbons (Fsp3) is 0.105. The molecule has 3 rings (SSSR count). The Morgan fingerprint density at radius 3 is 2.44 bits per heavy atom. The van der Waals surface area contributed by atoms with E-state index in [9.17, 15) is 9.59 Å². The maximum atomic E-state index is 12.4. The van der Waals surface area contributed by atoms with Crippen molar-refractivity contribution in [3.05, 3.63) is 76.6 Å². The van der Waals surface area contributed by atoms with Crippen molar-refractivity contribution in [2.45, 2.75) is 6.61 Å². The lowest BCUT2D eigenvalue weighted by Crippen LogP contribution is -2.20. The summed E-state index contributed by atoms with van der Waals surface area (Å²) in [6.45, 7) is 0.359. The van der Waals surface area contributed by atoms with Gasteiger partial charge >= 0.3 is 0 Å². The first-order valence-corrected chi connectivity index (χ1v) is 8.42. The first-order valence-electron chi connectivity index (χ1n) is 8.04. The second-order valence-corrected chi connectivity index (χ2v) is 6.22. The average molecular weight is 385 g/mol. The minimum Gasteiger partial charge on any atom is -0.489 e. The summed E-state index contributed by atoms with van der Waals surface area (Å²) in [5, 5.41) is 7.22. The Hall–Kier alpha value is -3.32. The topological polar surface area (TPSA) is 99.2 Å². The van der Waals surface area contributed by atoms with Crippen LogP contribution in [0, 0.1) is 0 Å².